The van der Waals surface area contributed by atoms with Crippen molar-refractivity contribution >= 4 is 30.8 Å². The van der Waals surface area contributed by atoms with Crippen molar-refractivity contribution in [1.29, 1.82) is 0 Å². The van der Waals surface area contributed by atoms with Crippen molar-refractivity contribution in [3.63, 3.8) is 0 Å². The van der Waals surface area contributed by atoms with Gasteiger partial charge in [-0.1, -0.05) is 81.4 Å². The number of carboxylic acid groups (broad SMARTS) is 1. The number of rotatable bonds is 5. The molecule has 0 aliphatic carbocycles. The molecule has 1 N–H and O–H groups in total. The zero-order valence-electron chi connectivity index (χ0n) is 17.9. The van der Waals surface area contributed by atoms with Gasteiger partial charge in [-0.25, -0.2) is 9.59 Å². The number of likely N-dealkylation sites (tertiary alicyclic amines) is 1. The van der Waals surface area contributed by atoms with Gasteiger partial charge in [-0.3, -0.25) is 4.90 Å². The maximum atomic E-state index is 12.2. The molecule has 0 unspecified atom stereocenters. The Balaban J connectivity index is 2.08. The van der Waals surface area contributed by atoms with Gasteiger partial charge in [-0.05, 0) is 15.4 Å². The van der Waals surface area contributed by atoms with E-state index in [4.69, 9.17) is 9.16 Å². The third-order valence-corrected chi connectivity index (χ3v) is 10.8. The first kappa shape index (κ1) is 22.1. The number of carbonyl (C=O) groups excluding carboxylic acids is 1. The van der Waals surface area contributed by atoms with E-state index in [1.807, 2.05) is 36.4 Å². The molecule has 6 nitrogen and oxygen atoms in total. The van der Waals surface area contributed by atoms with E-state index >= 15 is 0 Å². The number of amides is 1. The summed E-state index contributed by atoms with van der Waals surface area (Å²) < 4.78 is 11.8. The number of hydrogen-bond donors (Lipinski definition) is 1. The van der Waals surface area contributed by atoms with Crippen molar-refractivity contribution in [1.82, 2.24) is 4.90 Å². The Morgan fingerprint density at radius 3 is 1.90 bits per heavy atom. The van der Waals surface area contributed by atoms with Crippen LogP contribution in [0.15, 0.2) is 60.7 Å². The van der Waals surface area contributed by atoms with Gasteiger partial charge in [0.2, 0.25) is 0 Å². The highest BCUT2D eigenvalue weighted by Gasteiger charge is 2.53. The van der Waals surface area contributed by atoms with Crippen LogP contribution in [0.1, 0.15) is 27.2 Å². The monoisotopic (exact) mass is 427 g/mol. The first-order chi connectivity index (χ1) is 14.2. The molecule has 0 aromatic heterocycles. The summed E-state index contributed by atoms with van der Waals surface area (Å²) in [7, 11) is -1.56. The first-order valence-electron chi connectivity index (χ1n) is 10.1. The molecule has 2 aromatic carbocycles. The Morgan fingerprint density at radius 1 is 1.00 bits per heavy atom. The molecule has 0 radical (unpaired) electrons. The summed E-state index contributed by atoms with van der Waals surface area (Å²) in [6, 6.07) is 19.4. The van der Waals surface area contributed by atoms with Crippen LogP contribution < -0.4 is 10.4 Å². The lowest BCUT2D eigenvalue weighted by Crippen LogP contribution is -2.67. The van der Waals surface area contributed by atoms with Crippen LogP contribution in [-0.4, -0.2) is 56.2 Å². The number of nitrogens with zero attached hydrogens (tertiary/aromatic N) is 1. The van der Waals surface area contributed by atoms with Gasteiger partial charge in [0.1, 0.15) is 6.04 Å². The third-order valence-electron chi connectivity index (χ3n) is 5.72. The maximum absolute atomic E-state index is 12.2. The second-order valence-corrected chi connectivity index (χ2v) is 12.9. The minimum atomic E-state index is -2.82. The van der Waals surface area contributed by atoms with Crippen LogP contribution in [0.3, 0.4) is 0 Å². The molecule has 1 aliphatic rings. The summed E-state index contributed by atoms with van der Waals surface area (Å²) in [5, 5.41) is 11.7. The summed E-state index contributed by atoms with van der Waals surface area (Å²) in [4.78, 5) is 25.2. The molecule has 3 rings (SSSR count). The number of carboxylic acids is 1. The van der Waals surface area contributed by atoms with E-state index in [2.05, 4.69) is 45.0 Å². The zero-order valence-corrected chi connectivity index (χ0v) is 18.9. The van der Waals surface area contributed by atoms with Crippen LogP contribution in [0.5, 0.6) is 0 Å². The van der Waals surface area contributed by atoms with Gasteiger partial charge in [0.25, 0.3) is 8.32 Å². The number of benzene rings is 2. The predicted octanol–water partition coefficient (Wildman–Crippen LogP) is 2.86. The van der Waals surface area contributed by atoms with Crippen LogP contribution in [0.4, 0.5) is 4.79 Å². The molecule has 30 heavy (non-hydrogen) atoms. The molecule has 1 aliphatic heterocycles. The average molecular weight is 428 g/mol. The van der Waals surface area contributed by atoms with Gasteiger partial charge in [-0.2, -0.15) is 0 Å². The minimum absolute atomic E-state index is 0.189. The SMILES string of the molecule is COC(=O)N1C[C@H](O[Si](c2ccccc2)(c2ccccc2)C(C)(C)C)C[C@H]1C(=O)O. The Hall–Kier alpha value is -2.64. The number of hydrogen-bond acceptors (Lipinski definition) is 4. The fourth-order valence-corrected chi connectivity index (χ4v) is 9.06. The maximum Gasteiger partial charge on any atom is 0.410 e. The average Bonchev–Trinajstić information content (AvgIpc) is 3.16. The van der Waals surface area contributed by atoms with E-state index in [-0.39, 0.29) is 18.0 Å². The van der Waals surface area contributed by atoms with Crippen LogP contribution in [-0.2, 0) is 14.0 Å². The van der Waals surface area contributed by atoms with E-state index in [1.165, 1.54) is 12.0 Å². The molecule has 0 spiro atoms. The quantitative estimate of drug-likeness (QED) is 0.743. The van der Waals surface area contributed by atoms with Gasteiger partial charge < -0.3 is 14.3 Å². The highest BCUT2D eigenvalue weighted by molar-refractivity contribution is 6.99. The number of aliphatic carboxylic acids is 1. The molecule has 0 saturated carbocycles. The highest BCUT2D eigenvalue weighted by atomic mass is 28.4. The second-order valence-electron chi connectivity index (χ2n) is 8.62. The molecule has 1 fully saturated rings. The molecule has 0 bridgehead atoms. The molecule has 160 valence electrons. The second kappa shape index (κ2) is 8.61. The summed E-state index contributed by atoms with van der Waals surface area (Å²) >= 11 is 0. The molecule has 2 atom stereocenters. The van der Waals surface area contributed by atoms with Gasteiger partial charge in [0, 0.05) is 13.0 Å². The van der Waals surface area contributed by atoms with Gasteiger partial charge in [0.15, 0.2) is 0 Å². The summed E-state index contributed by atoms with van der Waals surface area (Å²) in [6.45, 7) is 6.69. The fourth-order valence-electron chi connectivity index (χ4n) is 4.38. The number of carbonyl (C=O) groups is 2. The van der Waals surface area contributed by atoms with Crippen molar-refractivity contribution in [2.75, 3.05) is 13.7 Å². The smallest absolute Gasteiger partial charge is 0.410 e. The van der Waals surface area contributed by atoms with Gasteiger partial charge >= 0.3 is 12.1 Å². The predicted molar refractivity (Wildman–Crippen MR) is 118 cm³/mol. The van der Waals surface area contributed by atoms with Gasteiger partial charge in [-0.15, -0.1) is 0 Å². The van der Waals surface area contributed by atoms with Crippen molar-refractivity contribution in [2.45, 2.75) is 44.4 Å². The van der Waals surface area contributed by atoms with E-state index in [9.17, 15) is 14.7 Å². The molecule has 2 aromatic rings. The van der Waals surface area contributed by atoms with Crippen molar-refractivity contribution in [2.24, 2.45) is 0 Å². The molecular weight excluding hydrogens is 398 g/mol. The Bertz CT molecular complexity index is 842. The Kier molecular flexibility index (Phi) is 6.33. The first-order valence-corrected chi connectivity index (χ1v) is 12.0. The standard InChI is InChI=1S/C23H29NO5Si/c1-23(2,3)30(18-11-7-5-8-12-18,19-13-9-6-10-14-19)29-17-15-20(21(25)26)24(16-17)22(27)28-4/h5-14,17,20H,15-16H2,1-4H3,(H,25,26)/t17-,20+/m1/s1. The highest BCUT2D eigenvalue weighted by Crippen LogP contribution is 2.39. The molecule has 7 heteroatoms. The van der Waals surface area contributed by atoms with E-state index in [1.54, 1.807) is 0 Å². The topological polar surface area (TPSA) is 76.1 Å². The molecular formula is C23H29NO5Si. The minimum Gasteiger partial charge on any atom is -0.480 e. The summed E-state index contributed by atoms with van der Waals surface area (Å²) in [5.41, 5.74) is 0. The lowest BCUT2D eigenvalue weighted by Gasteiger charge is -2.44. The van der Waals surface area contributed by atoms with Crippen LogP contribution in [0, 0.1) is 0 Å². The normalized spacial score (nSPS) is 19.5. The third kappa shape index (κ3) is 4.00. The van der Waals surface area contributed by atoms with E-state index < -0.39 is 32.5 Å². The van der Waals surface area contributed by atoms with Crippen LogP contribution in [0.2, 0.25) is 5.04 Å². The Morgan fingerprint density at radius 2 is 1.50 bits per heavy atom. The van der Waals surface area contributed by atoms with Crippen molar-refractivity contribution in [3.05, 3.63) is 60.7 Å². The zero-order chi connectivity index (χ0) is 21.9. The van der Waals surface area contributed by atoms with E-state index in [0.717, 1.165) is 10.4 Å². The summed E-state index contributed by atoms with van der Waals surface area (Å²) in [5.74, 6) is -1.05. The van der Waals surface area contributed by atoms with Gasteiger partial charge in [0.05, 0.1) is 13.2 Å². The lowest BCUT2D eigenvalue weighted by molar-refractivity contribution is -0.141. The van der Waals surface area contributed by atoms with Crippen LogP contribution >= 0.6 is 0 Å². The van der Waals surface area contributed by atoms with Crippen molar-refractivity contribution in [3.8, 4) is 0 Å². The molecule has 1 heterocycles. The lowest BCUT2D eigenvalue weighted by atomic mass is 10.2. The molecule has 1 amide bonds. The Labute approximate surface area is 178 Å². The largest absolute Gasteiger partial charge is 0.480 e. The number of methoxy groups -OCH3 is 1. The molecule has 1 saturated heterocycles. The fraction of sp³-hybridized carbons (Fsp3) is 0.391. The summed E-state index contributed by atoms with van der Waals surface area (Å²) in [6.07, 6.45) is -0.818. The van der Waals surface area contributed by atoms with Crippen LogP contribution in [0.25, 0.3) is 0 Å². The van der Waals surface area contributed by atoms with Crippen molar-refractivity contribution < 1.29 is 23.9 Å². The number of ether oxygens (including phenoxy) is 1. The van der Waals surface area contributed by atoms with E-state index in [0.29, 0.717) is 0 Å².